The highest BCUT2D eigenvalue weighted by atomic mass is 32.1. The molecule has 0 amide bonds. The summed E-state index contributed by atoms with van der Waals surface area (Å²) in [4.78, 5) is 18.0. The molecular formula is C15H14N2O2S. The third kappa shape index (κ3) is 2.32. The number of hydrogen-bond acceptors (Lipinski definition) is 3. The number of thiophene rings is 1. The number of aryl methyl sites for hydroxylation is 1. The Morgan fingerprint density at radius 3 is 2.80 bits per heavy atom. The van der Waals surface area contributed by atoms with E-state index in [9.17, 15) is 4.79 Å². The van der Waals surface area contributed by atoms with Crippen LogP contribution in [0.25, 0.3) is 11.0 Å². The molecule has 3 aromatic rings. The first kappa shape index (κ1) is 12.9. The van der Waals surface area contributed by atoms with Gasteiger partial charge >= 0.3 is 5.97 Å². The molecule has 1 N–H and O–H groups in total. The van der Waals surface area contributed by atoms with E-state index >= 15 is 0 Å². The third-order valence-electron chi connectivity index (χ3n) is 3.26. The van der Waals surface area contributed by atoms with E-state index in [2.05, 4.69) is 24.0 Å². The predicted molar refractivity (Wildman–Crippen MR) is 79.5 cm³/mol. The minimum atomic E-state index is -0.913. The number of aromatic nitrogens is 2. The highest BCUT2D eigenvalue weighted by Gasteiger charge is 2.09. The molecule has 0 aliphatic heterocycles. The summed E-state index contributed by atoms with van der Waals surface area (Å²) in [6.07, 6.45) is 2.81. The van der Waals surface area contributed by atoms with Crippen molar-refractivity contribution in [2.75, 3.05) is 0 Å². The van der Waals surface area contributed by atoms with Gasteiger partial charge in [-0.15, -0.1) is 11.3 Å². The van der Waals surface area contributed by atoms with Gasteiger partial charge < -0.3 is 9.67 Å². The molecule has 2 heterocycles. The van der Waals surface area contributed by atoms with Crippen LogP contribution in [0.3, 0.4) is 0 Å². The number of benzene rings is 1. The number of aromatic carboxylic acids is 1. The van der Waals surface area contributed by atoms with Crippen molar-refractivity contribution < 1.29 is 9.90 Å². The fourth-order valence-corrected chi connectivity index (χ4v) is 3.14. The fourth-order valence-electron chi connectivity index (χ4n) is 2.18. The van der Waals surface area contributed by atoms with E-state index in [1.165, 1.54) is 9.75 Å². The average Bonchev–Trinajstić information content (AvgIpc) is 3.06. The molecule has 0 unspecified atom stereocenters. The molecule has 0 saturated carbocycles. The van der Waals surface area contributed by atoms with Crippen molar-refractivity contribution in [3.05, 3.63) is 52.0 Å². The smallest absolute Gasteiger partial charge is 0.335 e. The summed E-state index contributed by atoms with van der Waals surface area (Å²) < 4.78 is 1.99. The molecule has 0 saturated heterocycles. The minimum Gasteiger partial charge on any atom is -0.478 e. The predicted octanol–water partition coefficient (Wildman–Crippen LogP) is 3.41. The van der Waals surface area contributed by atoms with Gasteiger partial charge in [0.2, 0.25) is 0 Å². The highest BCUT2D eigenvalue weighted by molar-refractivity contribution is 7.11. The van der Waals surface area contributed by atoms with Gasteiger partial charge in [0.1, 0.15) is 0 Å². The number of carboxylic acids is 1. The second-order valence-corrected chi connectivity index (χ2v) is 5.86. The molecule has 0 aliphatic rings. The monoisotopic (exact) mass is 286 g/mol. The number of carboxylic acid groups (broad SMARTS) is 1. The Kier molecular flexibility index (Phi) is 3.28. The normalized spacial score (nSPS) is 11.1. The minimum absolute atomic E-state index is 0.291. The van der Waals surface area contributed by atoms with Crippen molar-refractivity contribution in [2.45, 2.75) is 19.9 Å². The lowest BCUT2D eigenvalue weighted by Crippen LogP contribution is -1.99. The maximum atomic E-state index is 11.1. The third-order valence-corrected chi connectivity index (χ3v) is 4.47. The lowest BCUT2D eigenvalue weighted by Gasteiger charge is -2.03. The van der Waals surface area contributed by atoms with Crippen LogP contribution in [0.5, 0.6) is 0 Å². The van der Waals surface area contributed by atoms with E-state index in [1.54, 1.807) is 35.9 Å². The quantitative estimate of drug-likeness (QED) is 0.799. The first-order valence-corrected chi connectivity index (χ1v) is 7.25. The summed E-state index contributed by atoms with van der Waals surface area (Å²) in [5.41, 5.74) is 1.97. The molecule has 0 aliphatic carbocycles. The van der Waals surface area contributed by atoms with Gasteiger partial charge in [-0.3, -0.25) is 0 Å². The lowest BCUT2D eigenvalue weighted by molar-refractivity contribution is 0.0697. The summed E-state index contributed by atoms with van der Waals surface area (Å²) in [5, 5.41) is 9.07. The molecule has 3 rings (SSSR count). The topological polar surface area (TPSA) is 55.1 Å². The zero-order valence-electron chi connectivity index (χ0n) is 11.0. The van der Waals surface area contributed by atoms with Gasteiger partial charge in [0.15, 0.2) is 0 Å². The largest absolute Gasteiger partial charge is 0.478 e. The van der Waals surface area contributed by atoms with Crippen molar-refractivity contribution in [1.29, 1.82) is 0 Å². The zero-order chi connectivity index (χ0) is 14.1. The SMILES string of the molecule is CCc1ccc(Cn2cnc3ccc(C(=O)O)cc32)s1. The molecule has 5 heteroatoms. The molecule has 0 spiro atoms. The lowest BCUT2D eigenvalue weighted by atomic mass is 10.2. The maximum absolute atomic E-state index is 11.1. The van der Waals surface area contributed by atoms with Gasteiger partial charge in [-0.1, -0.05) is 6.92 Å². The van der Waals surface area contributed by atoms with Gasteiger partial charge in [-0.2, -0.15) is 0 Å². The van der Waals surface area contributed by atoms with Gasteiger partial charge in [0, 0.05) is 9.75 Å². The maximum Gasteiger partial charge on any atom is 0.335 e. The van der Waals surface area contributed by atoms with E-state index < -0.39 is 5.97 Å². The number of nitrogens with zero attached hydrogens (tertiary/aromatic N) is 2. The first-order valence-electron chi connectivity index (χ1n) is 6.43. The van der Waals surface area contributed by atoms with Crippen LogP contribution in [0.15, 0.2) is 36.7 Å². The number of rotatable bonds is 4. The zero-order valence-corrected chi connectivity index (χ0v) is 11.9. The Bertz CT molecular complexity index is 773. The van der Waals surface area contributed by atoms with Crippen LogP contribution >= 0.6 is 11.3 Å². The van der Waals surface area contributed by atoms with E-state index in [1.807, 2.05) is 4.57 Å². The Hall–Kier alpha value is -2.14. The number of hydrogen-bond donors (Lipinski definition) is 1. The summed E-state index contributed by atoms with van der Waals surface area (Å²) >= 11 is 1.79. The Morgan fingerprint density at radius 2 is 2.10 bits per heavy atom. The molecule has 102 valence electrons. The van der Waals surface area contributed by atoms with Gasteiger partial charge in [0.05, 0.1) is 29.5 Å². The van der Waals surface area contributed by atoms with Crippen molar-refractivity contribution in [1.82, 2.24) is 9.55 Å². The van der Waals surface area contributed by atoms with Crippen molar-refractivity contribution in [2.24, 2.45) is 0 Å². The summed E-state index contributed by atoms with van der Waals surface area (Å²) in [7, 11) is 0. The van der Waals surface area contributed by atoms with E-state index in [4.69, 9.17) is 5.11 Å². The molecule has 0 atom stereocenters. The van der Waals surface area contributed by atoms with Gasteiger partial charge in [-0.05, 0) is 36.8 Å². The van der Waals surface area contributed by atoms with E-state index in [-0.39, 0.29) is 0 Å². The van der Waals surface area contributed by atoms with Crippen LogP contribution in [-0.2, 0) is 13.0 Å². The summed E-state index contributed by atoms with van der Waals surface area (Å²) in [6.45, 7) is 2.87. The van der Waals surface area contributed by atoms with Crippen LogP contribution in [0.4, 0.5) is 0 Å². The molecule has 20 heavy (non-hydrogen) atoms. The van der Waals surface area contributed by atoms with Crippen LogP contribution in [-0.4, -0.2) is 20.6 Å². The summed E-state index contributed by atoms with van der Waals surface area (Å²) in [5.74, 6) is -0.913. The van der Waals surface area contributed by atoms with Gasteiger partial charge in [-0.25, -0.2) is 9.78 Å². The average molecular weight is 286 g/mol. The first-order chi connectivity index (χ1) is 9.67. The van der Waals surface area contributed by atoms with Crippen molar-refractivity contribution >= 4 is 28.3 Å². The van der Waals surface area contributed by atoms with Crippen molar-refractivity contribution in [3.63, 3.8) is 0 Å². The highest BCUT2D eigenvalue weighted by Crippen LogP contribution is 2.21. The number of fused-ring (bicyclic) bond motifs is 1. The second-order valence-electron chi connectivity index (χ2n) is 4.60. The molecule has 0 fully saturated rings. The van der Waals surface area contributed by atoms with Gasteiger partial charge in [0.25, 0.3) is 0 Å². The second kappa shape index (κ2) is 5.09. The standard InChI is InChI=1S/C15H14N2O2S/c1-2-11-4-5-12(20-11)8-17-9-16-13-6-3-10(15(18)19)7-14(13)17/h3-7,9H,2,8H2,1H3,(H,18,19). The molecule has 0 radical (unpaired) electrons. The van der Waals surface area contributed by atoms with Crippen molar-refractivity contribution in [3.8, 4) is 0 Å². The fraction of sp³-hybridized carbons (Fsp3) is 0.200. The summed E-state index contributed by atoms with van der Waals surface area (Å²) in [6, 6.07) is 9.28. The van der Waals surface area contributed by atoms with E-state index in [0.29, 0.717) is 5.56 Å². The van der Waals surface area contributed by atoms with Crippen LogP contribution in [0.2, 0.25) is 0 Å². The molecule has 2 aromatic heterocycles. The Morgan fingerprint density at radius 1 is 1.30 bits per heavy atom. The van der Waals surface area contributed by atoms with Crippen LogP contribution in [0, 0.1) is 0 Å². The Balaban J connectivity index is 1.98. The molecule has 4 nitrogen and oxygen atoms in total. The molecule has 0 bridgehead atoms. The van der Waals surface area contributed by atoms with Crippen LogP contribution < -0.4 is 0 Å². The van der Waals surface area contributed by atoms with Crippen LogP contribution in [0.1, 0.15) is 27.0 Å². The number of imidazole rings is 1. The molecule has 1 aromatic carbocycles. The molecular weight excluding hydrogens is 272 g/mol. The number of carbonyl (C=O) groups is 1. The Labute approximate surface area is 120 Å². The van der Waals surface area contributed by atoms with E-state index in [0.717, 1.165) is 24.0 Å².